The summed E-state index contributed by atoms with van der Waals surface area (Å²) in [5.74, 6) is 0. The fraction of sp³-hybridized carbons (Fsp3) is 0.267. The minimum absolute atomic E-state index is 0.824. The molecular weight excluding hydrogens is 254 g/mol. The Balaban J connectivity index is 2.20. The standard InChI is InChI=1S/C15H19NSSi/c1-18(2,3)15(17)16-11-13-9-6-8-12-7-4-5-10-14(12)13/h4-10H,11H2,1-3H3,(H,16,17). The smallest absolute Gasteiger partial charge is 0.112 e. The van der Waals surface area contributed by atoms with E-state index in [0.717, 1.165) is 11.2 Å². The van der Waals surface area contributed by atoms with Crippen molar-refractivity contribution in [2.24, 2.45) is 0 Å². The summed E-state index contributed by atoms with van der Waals surface area (Å²) in [4.78, 5) is 0. The number of benzene rings is 2. The van der Waals surface area contributed by atoms with Gasteiger partial charge in [-0.1, -0.05) is 74.3 Å². The molecule has 0 saturated heterocycles. The van der Waals surface area contributed by atoms with Crippen LogP contribution in [0, 0.1) is 0 Å². The molecule has 0 aliphatic rings. The molecule has 0 aliphatic heterocycles. The molecule has 0 aromatic heterocycles. The number of nitrogens with one attached hydrogen (secondary N) is 1. The highest BCUT2D eigenvalue weighted by molar-refractivity contribution is 7.84. The molecule has 0 bridgehead atoms. The first-order valence-corrected chi connectivity index (χ1v) is 10.1. The Hall–Kier alpha value is -1.19. The molecule has 2 rings (SSSR count). The summed E-state index contributed by atoms with van der Waals surface area (Å²) >= 11 is 5.46. The highest BCUT2D eigenvalue weighted by Crippen LogP contribution is 2.18. The normalized spacial score (nSPS) is 11.5. The van der Waals surface area contributed by atoms with E-state index in [1.54, 1.807) is 0 Å². The van der Waals surface area contributed by atoms with Gasteiger partial charge in [-0.3, -0.25) is 0 Å². The van der Waals surface area contributed by atoms with Crippen LogP contribution in [0.4, 0.5) is 0 Å². The maximum atomic E-state index is 5.46. The number of fused-ring (bicyclic) bond motifs is 1. The summed E-state index contributed by atoms with van der Waals surface area (Å²) in [6, 6.07) is 14.9. The van der Waals surface area contributed by atoms with Crippen LogP contribution in [0.3, 0.4) is 0 Å². The van der Waals surface area contributed by atoms with Crippen molar-refractivity contribution in [1.82, 2.24) is 5.32 Å². The SMILES string of the molecule is C[Si](C)(C)C(=S)NCc1cccc2ccccc12. The Morgan fingerprint density at radius 3 is 2.44 bits per heavy atom. The number of rotatable bonds is 3. The Labute approximate surface area is 115 Å². The van der Waals surface area contributed by atoms with Crippen LogP contribution < -0.4 is 5.32 Å². The molecule has 0 fully saturated rings. The molecule has 3 heteroatoms. The van der Waals surface area contributed by atoms with E-state index < -0.39 is 8.07 Å². The van der Waals surface area contributed by atoms with Crippen LogP contribution in [0.15, 0.2) is 42.5 Å². The molecule has 0 radical (unpaired) electrons. The van der Waals surface area contributed by atoms with Gasteiger partial charge in [0.25, 0.3) is 0 Å². The fourth-order valence-electron chi connectivity index (χ4n) is 1.89. The molecule has 94 valence electrons. The average molecular weight is 273 g/mol. The van der Waals surface area contributed by atoms with Crippen molar-refractivity contribution in [3.63, 3.8) is 0 Å². The van der Waals surface area contributed by atoms with Gasteiger partial charge in [-0.05, 0) is 16.3 Å². The minimum Gasteiger partial charge on any atom is -0.379 e. The van der Waals surface area contributed by atoms with E-state index >= 15 is 0 Å². The van der Waals surface area contributed by atoms with Gasteiger partial charge in [0.15, 0.2) is 0 Å². The zero-order valence-corrected chi connectivity index (χ0v) is 13.0. The van der Waals surface area contributed by atoms with Crippen LogP contribution in [0.5, 0.6) is 0 Å². The van der Waals surface area contributed by atoms with Gasteiger partial charge in [0.1, 0.15) is 8.07 Å². The fourth-order valence-corrected chi connectivity index (χ4v) is 2.58. The quantitative estimate of drug-likeness (QED) is 0.666. The summed E-state index contributed by atoms with van der Waals surface area (Å²) in [6.45, 7) is 7.63. The summed E-state index contributed by atoms with van der Waals surface area (Å²) in [7, 11) is -1.36. The Morgan fingerprint density at radius 2 is 1.72 bits per heavy atom. The highest BCUT2D eigenvalue weighted by atomic mass is 32.1. The molecule has 0 atom stereocenters. The summed E-state index contributed by atoms with van der Waals surface area (Å²) in [5, 5.41) is 6.02. The van der Waals surface area contributed by atoms with Gasteiger partial charge in [0.05, 0.1) is 4.61 Å². The van der Waals surface area contributed by atoms with E-state index in [1.165, 1.54) is 16.3 Å². The van der Waals surface area contributed by atoms with Crippen molar-refractivity contribution in [1.29, 1.82) is 0 Å². The topological polar surface area (TPSA) is 12.0 Å². The van der Waals surface area contributed by atoms with Gasteiger partial charge in [-0.2, -0.15) is 0 Å². The molecule has 18 heavy (non-hydrogen) atoms. The zero-order valence-electron chi connectivity index (χ0n) is 11.2. The van der Waals surface area contributed by atoms with Crippen molar-refractivity contribution in [3.05, 3.63) is 48.0 Å². The molecule has 0 amide bonds. The van der Waals surface area contributed by atoms with Crippen molar-refractivity contribution >= 4 is 35.7 Å². The van der Waals surface area contributed by atoms with E-state index in [1.807, 2.05) is 0 Å². The first-order chi connectivity index (χ1) is 8.48. The van der Waals surface area contributed by atoms with Crippen molar-refractivity contribution in [3.8, 4) is 0 Å². The number of hydrogen-bond acceptors (Lipinski definition) is 1. The molecule has 0 heterocycles. The Morgan fingerprint density at radius 1 is 1.06 bits per heavy atom. The van der Waals surface area contributed by atoms with E-state index in [0.29, 0.717) is 0 Å². The molecule has 0 unspecified atom stereocenters. The lowest BCUT2D eigenvalue weighted by Crippen LogP contribution is -2.42. The van der Waals surface area contributed by atoms with Gasteiger partial charge in [0.2, 0.25) is 0 Å². The lowest BCUT2D eigenvalue weighted by Gasteiger charge is -2.19. The van der Waals surface area contributed by atoms with Crippen LogP contribution in [-0.2, 0) is 6.54 Å². The second-order valence-electron chi connectivity index (χ2n) is 5.57. The number of thiocarbonyl (C=S) groups is 1. The van der Waals surface area contributed by atoms with Crippen molar-refractivity contribution in [2.75, 3.05) is 0 Å². The Kier molecular flexibility index (Phi) is 3.83. The molecule has 1 nitrogen and oxygen atoms in total. The molecule has 1 N–H and O–H groups in total. The molecule has 0 aliphatic carbocycles. The van der Waals surface area contributed by atoms with Gasteiger partial charge in [-0.15, -0.1) is 0 Å². The van der Waals surface area contributed by atoms with E-state index in [4.69, 9.17) is 12.2 Å². The van der Waals surface area contributed by atoms with Crippen LogP contribution in [-0.4, -0.2) is 12.7 Å². The van der Waals surface area contributed by atoms with Crippen molar-refractivity contribution in [2.45, 2.75) is 26.2 Å². The zero-order chi connectivity index (χ0) is 13.2. The minimum atomic E-state index is -1.36. The largest absolute Gasteiger partial charge is 0.379 e. The third-order valence-electron chi connectivity index (χ3n) is 3.00. The van der Waals surface area contributed by atoms with Gasteiger partial charge < -0.3 is 5.32 Å². The van der Waals surface area contributed by atoms with Crippen LogP contribution in [0.2, 0.25) is 19.6 Å². The van der Waals surface area contributed by atoms with E-state index in [2.05, 4.69) is 67.4 Å². The predicted octanol–water partition coefficient (Wildman–Crippen LogP) is 4.13. The van der Waals surface area contributed by atoms with E-state index in [-0.39, 0.29) is 0 Å². The maximum Gasteiger partial charge on any atom is 0.112 e. The lowest BCUT2D eigenvalue weighted by atomic mass is 10.0. The monoisotopic (exact) mass is 273 g/mol. The summed E-state index contributed by atoms with van der Waals surface area (Å²) in [6.07, 6.45) is 0. The first-order valence-electron chi connectivity index (χ1n) is 6.23. The molecular formula is C15H19NSSi. The van der Waals surface area contributed by atoms with Crippen LogP contribution in [0.25, 0.3) is 10.8 Å². The Bertz CT molecular complexity index is 567. The predicted molar refractivity (Wildman–Crippen MR) is 86.7 cm³/mol. The van der Waals surface area contributed by atoms with Crippen LogP contribution in [0.1, 0.15) is 5.56 Å². The summed E-state index contributed by atoms with van der Waals surface area (Å²) < 4.78 is 1.05. The molecule has 2 aromatic carbocycles. The third-order valence-corrected chi connectivity index (χ3v) is 6.52. The first kappa shape index (κ1) is 13.2. The molecule has 0 saturated carbocycles. The average Bonchev–Trinajstić information content (AvgIpc) is 2.34. The summed E-state index contributed by atoms with van der Waals surface area (Å²) in [5.41, 5.74) is 1.31. The second kappa shape index (κ2) is 5.20. The van der Waals surface area contributed by atoms with Crippen molar-refractivity contribution < 1.29 is 0 Å². The maximum absolute atomic E-state index is 5.46. The van der Waals surface area contributed by atoms with E-state index in [9.17, 15) is 0 Å². The van der Waals surface area contributed by atoms with Gasteiger partial charge in [-0.25, -0.2) is 0 Å². The third kappa shape index (κ3) is 2.97. The molecule has 0 spiro atoms. The van der Waals surface area contributed by atoms with Gasteiger partial charge >= 0.3 is 0 Å². The highest BCUT2D eigenvalue weighted by Gasteiger charge is 2.19. The lowest BCUT2D eigenvalue weighted by molar-refractivity contribution is 0.944. The number of hydrogen-bond donors (Lipinski definition) is 1. The van der Waals surface area contributed by atoms with Gasteiger partial charge in [0, 0.05) is 6.54 Å². The molecule has 2 aromatic rings. The second-order valence-corrected chi connectivity index (χ2v) is 11.3. The van der Waals surface area contributed by atoms with Crippen LogP contribution >= 0.6 is 12.2 Å².